The molecule has 0 saturated carbocycles. The highest BCUT2D eigenvalue weighted by Crippen LogP contribution is 2.29. The van der Waals surface area contributed by atoms with Gasteiger partial charge >= 0.3 is 6.18 Å². The molecule has 27 heavy (non-hydrogen) atoms. The van der Waals surface area contributed by atoms with Crippen molar-refractivity contribution < 1.29 is 18.0 Å². The molecule has 0 atom stereocenters. The van der Waals surface area contributed by atoms with Crippen LogP contribution in [0.4, 0.5) is 18.9 Å². The Balaban J connectivity index is 0.00000261. The predicted octanol–water partition coefficient (Wildman–Crippen LogP) is 3.52. The fourth-order valence-corrected chi connectivity index (χ4v) is 3.26. The fourth-order valence-electron chi connectivity index (χ4n) is 3.26. The number of aromatic nitrogens is 2. The molecule has 2 heterocycles. The van der Waals surface area contributed by atoms with E-state index in [0.717, 1.165) is 0 Å². The number of carbonyl (C=O) groups excluding carboxylic acids is 1. The summed E-state index contributed by atoms with van der Waals surface area (Å²) in [5.74, 6) is -0.198. The van der Waals surface area contributed by atoms with Gasteiger partial charge in [-0.05, 0) is 56.1 Å². The van der Waals surface area contributed by atoms with Crippen LogP contribution in [0.25, 0.3) is 0 Å². The average Bonchev–Trinajstić information content (AvgIpc) is 3.15. The lowest BCUT2D eigenvalue weighted by Crippen LogP contribution is -2.52. The third-order valence-electron chi connectivity index (χ3n) is 4.68. The molecule has 2 N–H and O–H groups in total. The second-order valence-electron chi connectivity index (χ2n) is 6.50. The molecule has 148 valence electrons. The summed E-state index contributed by atoms with van der Waals surface area (Å²) in [5, 5.41) is 10.4. The number of hydrogen-bond donors (Lipinski definition) is 2. The van der Waals surface area contributed by atoms with Crippen molar-refractivity contribution in [3.63, 3.8) is 0 Å². The minimum atomic E-state index is -4.20. The third kappa shape index (κ3) is 5.23. The Morgan fingerprint density at radius 3 is 2.63 bits per heavy atom. The van der Waals surface area contributed by atoms with Crippen LogP contribution in [0, 0.1) is 0 Å². The molecule has 1 aliphatic rings. The topological polar surface area (TPSA) is 59.0 Å². The third-order valence-corrected chi connectivity index (χ3v) is 4.68. The molecule has 1 amide bonds. The van der Waals surface area contributed by atoms with E-state index in [1.807, 2.05) is 0 Å². The first kappa shape index (κ1) is 21.2. The van der Waals surface area contributed by atoms with Crippen molar-refractivity contribution in [2.75, 3.05) is 18.4 Å². The number of alkyl halides is 3. The van der Waals surface area contributed by atoms with E-state index in [9.17, 15) is 18.0 Å². The smallest absolute Gasteiger partial charge is 0.324 e. The van der Waals surface area contributed by atoms with Crippen LogP contribution in [0.3, 0.4) is 0 Å². The number of anilines is 1. The lowest BCUT2D eigenvalue weighted by atomic mass is 9.87. The zero-order valence-corrected chi connectivity index (χ0v) is 15.4. The molecule has 5 nitrogen and oxygen atoms in total. The Kier molecular flexibility index (Phi) is 6.89. The zero-order chi connectivity index (χ0) is 18.6. The van der Waals surface area contributed by atoms with Gasteiger partial charge in [0.2, 0.25) is 0 Å². The Bertz CT molecular complexity index is 743. The molecule has 9 heteroatoms. The molecule has 0 spiro atoms. The van der Waals surface area contributed by atoms with E-state index in [1.54, 1.807) is 47.4 Å². The first-order chi connectivity index (χ1) is 12.4. The number of rotatable bonds is 5. The normalized spacial score (nSPS) is 16.4. The van der Waals surface area contributed by atoms with Gasteiger partial charge in [0, 0.05) is 24.5 Å². The molecular formula is C18H22ClF3N4O. The summed E-state index contributed by atoms with van der Waals surface area (Å²) in [6, 6.07) is 8.35. The second kappa shape index (κ2) is 8.75. The van der Waals surface area contributed by atoms with Gasteiger partial charge in [-0.25, -0.2) is 0 Å². The minimum Gasteiger partial charge on any atom is -0.324 e. The summed E-state index contributed by atoms with van der Waals surface area (Å²) in [5.41, 5.74) is 0.245. The van der Waals surface area contributed by atoms with Crippen molar-refractivity contribution in [2.24, 2.45) is 0 Å². The monoisotopic (exact) mass is 402 g/mol. The maximum Gasteiger partial charge on any atom is 0.389 e. The molecule has 1 aromatic heterocycles. The number of halogens is 4. The van der Waals surface area contributed by atoms with E-state index in [4.69, 9.17) is 0 Å². The number of benzene rings is 1. The van der Waals surface area contributed by atoms with E-state index < -0.39 is 18.1 Å². The van der Waals surface area contributed by atoms with Gasteiger partial charge in [0.25, 0.3) is 5.91 Å². The van der Waals surface area contributed by atoms with Crippen LogP contribution in [-0.2, 0) is 16.8 Å². The lowest BCUT2D eigenvalue weighted by molar-refractivity contribution is -0.134. The molecule has 1 saturated heterocycles. The van der Waals surface area contributed by atoms with Crippen LogP contribution in [0.5, 0.6) is 0 Å². The van der Waals surface area contributed by atoms with Gasteiger partial charge in [0.1, 0.15) is 5.54 Å². The Morgan fingerprint density at radius 1 is 1.26 bits per heavy atom. The summed E-state index contributed by atoms with van der Waals surface area (Å²) >= 11 is 0. The lowest BCUT2D eigenvalue weighted by Gasteiger charge is -2.36. The van der Waals surface area contributed by atoms with Gasteiger partial charge in [-0.2, -0.15) is 18.3 Å². The standard InChI is InChI=1S/C18H21F3N4O.ClH/c19-18(20,21)6-5-14-3-1-4-15(13-14)24-16(26)17(7-10-22-11-8-17)25-12-2-9-23-25;/h1-4,9,12-13,22H,5-8,10-11H2,(H,24,26);1H. The maximum atomic E-state index is 13.0. The van der Waals surface area contributed by atoms with Gasteiger partial charge in [-0.15, -0.1) is 12.4 Å². The SMILES string of the molecule is Cl.O=C(Nc1cccc(CCC(F)(F)F)c1)C1(n2cccn2)CCNCC1. The summed E-state index contributed by atoms with van der Waals surface area (Å²) in [4.78, 5) is 13.0. The molecule has 1 aliphatic heterocycles. The quantitative estimate of drug-likeness (QED) is 0.804. The Hall–Kier alpha value is -2.06. The number of amides is 1. The largest absolute Gasteiger partial charge is 0.389 e. The van der Waals surface area contributed by atoms with E-state index in [1.165, 1.54) is 0 Å². The highest BCUT2D eigenvalue weighted by atomic mass is 35.5. The second-order valence-corrected chi connectivity index (χ2v) is 6.50. The van der Waals surface area contributed by atoms with Gasteiger partial charge < -0.3 is 10.6 Å². The van der Waals surface area contributed by atoms with Crippen molar-refractivity contribution in [3.8, 4) is 0 Å². The van der Waals surface area contributed by atoms with Crippen molar-refractivity contribution in [1.82, 2.24) is 15.1 Å². The van der Waals surface area contributed by atoms with Crippen molar-refractivity contribution in [3.05, 3.63) is 48.3 Å². The van der Waals surface area contributed by atoms with E-state index in [0.29, 0.717) is 37.2 Å². The molecule has 0 radical (unpaired) electrons. The Morgan fingerprint density at radius 2 is 2.00 bits per heavy atom. The first-order valence-corrected chi connectivity index (χ1v) is 8.57. The first-order valence-electron chi connectivity index (χ1n) is 8.57. The minimum absolute atomic E-state index is 0. The number of nitrogens with zero attached hydrogens (tertiary/aromatic N) is 2. The number of nitrogens with one attached hydrogen (secondary N) is 2. The van der Waals surface area contributed by atoms with Crippen molar-refractivity contribution in [1.29, 1.82) is 0 Å². The highest BCUT2D eigenvalue weighted by molar-refractivity contribution is 5.96. The van der Waals surface area contributed by atoms with E-state index >= 15 is 0 Å². The molecule has 1 aromatic carbocycles. The molecule has 0 aliphatic carbocycles. The molecule has 2 aromatic rings. The van der Waals surface area contributed by atoms with Crippen LogP contribution in [0.15, 0.2) is 42.7 Å². The number of aryl methyl sites for hydroxylation is 1. The molecule has 0 bridgehead atoms. The van der Waals surface area contributed by atoms with Gasteiger partial charge in [0.15, 0.2) is 0 Å². The maximum absolute atomic E-state index is 13.0. The van der Waals surface area contributed by atoms with E-state index in [2.05, 4.69) is 15.7 Å². The van der Waals surface area contributed by atoms with Crippen molar-refractivity contribution >= 4 is 24.0 Å². The van der Waals surface area contributed by atoms with E-state index in [-0.39, 0.29) is 24.7 Å². The van der Waals surface area contributed by atoms with Crippen LogP contribution in [0.1, 0.15) is 24.8 Å². The van der Waals surface area contributed by atoms with Gasteiger partial charge in [-0.3, -0.25) is 9.48 Å². The number of hydrogen-bond acceptors (Lipinski definition) is 3. The summed E-state index contributed by atoms with van der Waals surface area (Å²) < 4.78 is 38.9. The predicted molar refractivity (Wildman–Crippen MR) is 99.0 cm³/mol. The summed E-state index contributed by atoms with van der Waals surface area (Å²) in [6.07, 6.45) is -0.602. The van der Waals surface area contributed by atoms with Crippen LogP contribution in [0.2, 0.25) is 0 Å². The Labute approximate surface area is 161 Å². The molecular weight excluding hydrogens is 381 g/mol. The average molecular weight is 403 g/mol. The zero-order valence-electron chi connectivity index (χ0n) is 14.6. The number of carbonyl (C=O) groups is 1. The van der Waals surface area contributed by atoms with Crippen LogP contribution in [-0.4, -0.2) is 35.0 Å². The van der Waals surface area contributed by atoms with Crippen LogP contribution < -0.4 is 10.6 Å². The molecule has 3 rings (SSSR count). The highest BCUT2D eigenvalue weighted by Gasteiger charge is 2.42. The van der Waals surface area contributed by atoms with Gasteiger partial charge in [0.05, 0.1) is 0 Å². The molecule has 0 unspecified atom stereocenters. The summed E-state index contributed by atoms with van der Waals surface area (Å²) in [7, 11) is 0. The number of piperidine rings is 1. The fraction of sp³-hybridized carbons (Fsp3) is 0.444. The van der Waals surface area contributed by atoms with Crippen molar-refractivity contribution in [2.45, 2.75) is 37.4 Å². The molecule has 1 fully saturated rings. The summed E-state index contributed by atoms with van der Waals surface area (Å²) in [6.45, 7) is 1.39. The van der Waals surface area contributed by atoms with Gasteiger partial charge in [-0.1, -0.05) is 12.1 Å². The van der Waals surface area contributed by atoms with Crippen LogP contribution >= 0.6 is 12.4 Å².